The minimum absolute atomic E-state index is 0.00251. The van der Waals surface area contributed by atoms with E-state index in [2.05, 4.69) is 5.16 Å². The van der Waals surface area contributed by atoms with Crippen molar-refractivity contribution in [2.75, 3.05) is 6.61 Å². The van der Waals surface area contributed by atoms with E-state index < -0.39 is 11.9 Å². The summed E-state index contributed by atoms with van der Waals surface area (Å²) in [7, 11) is 0. The molecular weight excluding hydrogens is 298 g/mol. The van der Waals surface area contributed by atoms with Gasteiger partial charge in [0.2, 0.25) is 0 Å². The van der Waals surface area contributed by atoms with Gasteiger partial charge in [-0.15, -0.1) is 0 Å². The molecule has 120 valence electrons. The molecule has 0 spiro atoms. The molecule has 1 aliphatic rings. The number of benzene rings is 1. The summed E-state index contributed by atoms with van der Waals surface area (Å²) in [6.45, 7) is 3.73. The molecule has 0 unspecified atom stereocenters. The number of hydrogen-bond acceptors (Lipinski definition) is 6. The normalized spacial score (nSPS) is 20.2. The van der Waals surface area contributed by atoms with Crippen molar-refractivity contribution in [3.8, 4) is 17.0 Å². The molecule has 23 heavy (non-hydrogen) atoms. The van der Waals surface area contributed by atoms with Crippen LogP contribution in [0.5, 0.6) is 5.75 Å². The molecule has 1 aromatic carbocycles. The number of phenolic OH excluding ortho intramolecular Hbond substituents is 1. The fourth-order valence-electron chi connectivity index (χ4n) is 2.97. The van der Waals surface area contributed by atoms with Crippen LogP contribution in [-0.4, -0.2) is 28.6 Å². The Hall–Kier alpha value is -2.63. The van der Waals surface area contributed by atoms with Gasteiger partial charge in [-0.25, -0.2) is 0 Å². The average Bonchev–Trinajstić information content (AvgIpc) is 2.91. The summed E-state index contributed by atoms with van der Waals surface area (Å²) < 4.78 is 10.3. The Labute approximate surface area is 133 Å². The van der Waals surface area contributed by atoms with Crippen molar-refractivity contribution in [2.24, 2.45) is 11.8 Å². The Morgan fingerprint density at radius 1 is 1.43 bits per heavy atom. The highest BCUT2D eigenvalue weighted by atomic mass is 16.5. The van der Waals surface area contributed by atoms with Gasteiger partial charge in [0.1, 0.15) is 23.1 Å². The molecule has 6 heteroatoms. The van der Waals surface area contributed by atoms with Gasteiger partial charge in [-0.1, -0.05) is 24.2 Å². The van der Waals surface area contributed by atoms with Gasteiger partial charge in [-0.3, -0.25) is 9.59 Å². The summed E-state index contributed by atoms with van der Waals surface area (Å²) in [5.74, 6) is -1.54. The maximum atomic E-state index is 12.8. The van der Waals surface area contributed by atoms with E-state index in [-0.39, 0.29) is 35.3 Å². The fourth-order valence-corrected chi connectivity index (χ4v) is 2.97. The Morgan fingerprint density at radius 2 is 2.17 bits per heavy atom. The van der Waals surface area contributed by atoms with E-state index in [9.17, 15) is 14.7 Å². The van der Waals surface area contributed by atoms with E-state index in [1.165, 1.54) is 6.07 Å². The lowest BCUT2D eigenvalue weighted by atomic mass is 9.77. The molecule has 0 saturated carbocycles. The van der Waals surface area contributed by atoms with Crippen LogP contribution in [0.3, 0.4) is 0 Å². The van der Waals surface area contributed by atoms with E-state index in [1.807, 2.05) is 6.92 Å². The van der Waals surface area contributed by atoms with Crippen molar-refractivity contribution >= 4 is 11.8 Å². The number of hydrogen-bond donors (Lipinski definition) is 1. The molecule has 0 fully saturated rings. The van der Waals surface area contributed by atoms with E-state index in [4.69, 9.17) is 9.26 Å². The lowest BCUT2D eigenvalue weighted by molar-refractivity contribution is -0.147. The minimum atomic E-state index is -0.869. The zero-order valence-corrected chi connectivity index (χ0v) is 12.9. The molecule has 2 atom stereocenters. The quantitative estimate of drug-likeness (QED) is 0.691. The molecule has 3 rings (SSSR count). The largest absolute Gasteiger partial charge is 0.507 e. The van der Waals surface area contributed by atoms with Crippen molar-refractivity contribution in [3.63, 3.8) is 0 Å². The van der Waals surface area contributed by atoms with Crippen LogP contribution >= 0.6 is 0 Å². The highest BCUT2D eigenvalue weighted by Gasteiger charge is 2.43. The first-order chi connectivity index (χ1) is 11.0. The van der Waals surface area contributed by atoms with Gasteiger partial charge in [0.25, 0.3) is 0 Å². The Balaban J connectivity index is 2.07. The number of carbonyl (C=O) groups is 2. The van der Waals surface area contributed by atoms with Crippen LogP contribution < -0.4 is 0 Å². The number of rotatable bonds is 3. The van der Waals surface area contributed by atoms with Gasteiger partial charge in [0.15, 0.2) is 5.78 Å². The van der Waals surface area contributed by atoms with E-state index in [0.717, 1.165) is 0 Å². The van der Waals surface area contributed by atoms with Gasteiger partial charge in [-0.2, -0.15) is 0 Å². The number of aromatic nitrogens is 1. The monoisotopic (exact) mass is 315 g/mol. The molecule has 1 heterocycles. The third-order valence-corrected chi connectivity index (χ3v) is 4.07. The highest BCUT2D eigenvalue weighted by molar-refractivity contribution is 6.13. The second kappa shape index (κ2) is 5.87. The van der Waals surface area contributed by atoms with Gasteiger partial charge in [0, 0.05) is 12.0 Å². The highest BCUT2D eigenvalue weighted by Crippen LogP contribution is 2.39. The molecule has 6 nitrogen and oxygen atoms in total. The van der Waals surface area contributed by atoms with E-state index >= 15 is 0 Å². The first kappa shape index (κ1) is 15.3. The minimum Gasteiger partial charge on any atom is -0.507 e. The summed E-state index contributed by atoms with van der Waals surface area (Å²) in [6.07, 6.45) is 0.422. The third-order valence-electron chi connectivity index (χ3n) is 4.07. The number of esters is 1. The van der Waals surface area contributed by atoms with Crippen molar-refractivity contribution in [3.05, 3.63) is 35.6 Å². The van der Waals surface area contributed by atoms with Crippen LogP contribution in [0.2, 0.25) is 0 Å². The first-order valence-corrected chi connectivity index (χ1v) is 7.52. The van der Waals surface area contributed by atoms with Crippen LogP contribution in [0.25, 0.3) is 11.3 Å². The summed E-state index contributed by atoms with van der Waals surface area (Å²) in [5.41, 5.74) is 0.940. The van der Waals surface area contributed by atoms with Crippen molar-refractivity contribution < 1.29 is 24.0 Å². The van der Waals surface area contributed by atoms with Crippen LogP contribution in [0.4, 0.5) is 0 Å². The standard InChI is InChI=1S/C17H17NO5/c1-3-22-17(21)13-9(2)8-12-14(16(13)20)15(18-23-12)10-6-4-5-7-11(10)19/h4-7,9,13,19H,3,8H2,1-2H3/t9-,13+/m1/s1. The second-order valence-electron chi connectivity index (χ2n) is 5.62. The lowest BCUT2D eigenvalue weighted by Crippen LogP contribution is -2.36. The molecule has 1 N–H and O–H groups in total. The summed E-state index contributed by atoms with van der Waals surface area (Å²) in [6, 6.07) is 6.57. The van der Waals surface area contributed by atoms with E-state index in [1.54, 1.807) is 25.1 Å². The Bertz CT molecular complexity index is 764. The number of para-hydroxylation sites is 1. The SMILES string of the molecule is CCOC(=O)[C@@H]1C(=O)c2c(-c3ccccc3O)noc2C[C@H]1C. The van der Waals surface area contributed by atoms with Gasteiger partial charge in [0.05, 0.1) is 12.2 Å². The molecule has 0 bridgehead atoms. The fraction of sp³-hybridized carbons (Fsp3) is 0.353. The molecule has 0 saturated heterocycles. The van der Waals surface area contributed by atoms with Gasteiger partial charge < -0.3 is 14.4 Å². The summed E-state index contributed by atoms with van der Waals surface area (Å²) in [4.78, 5) is 24.9. The van der Waals surface area contributed by atoms with Crippen molar-refractivity contribution in [1.29, 1.82) is 0 Å². The molecule has 0 aliphatic heterocycles. The number of Topliss-reactive ketones (excluding diaryl/α,β-unsaturated/α-hetero) is 1. The third kappa shape index (κ3) is 2.50. The number of phenols is 1. The maximum absolute atomic E-state index is 12.8. The molecular formula is C17H17NO5. The van der Waals surface area contributed by atoms with Gasteiger partial charge in [-0.05, 0) is 25.0 Å². The Kier molecular flexibility index (Phi) is 3.90. The molecule has 1 aromatic heterocycles. The predicted molar refractivity (Wildman–Crippen MR) is 80.9 cm³/mol. The van der Waals surface area contributed by atoms with Crippen LogP contribution in [0.1, 0.15) is 30.0 Å². The van der Waals surface area contributed by atoms with Gasteiger partial charge >= 0.3 is 5.97 Å². The molecule has 2 aromatic rings. The van der Waals surface area contributed by atoms with Crippen LogP contribution in [0.15, 0.2) is 28.8 Å². The lowest BCUT2D eigenvalue weighted by Gasteiger charge is -2.24. The van der Waals surface area contributed by atoms with Crippen molar-refractivity contribution in [2.45, 2.75) is 20.3 Å². The predicted octanol–water partition coefficient (Wildman–Crippen LogP) is 2.60. The number of fused-ring (bicyclic) bond motifs is 1. The van der Waals surface area contributed by atoms with Crippen LogP contribution in [0, 0.1) is 11.8 Å². The number of nitrogens with zero attached hydrogens (tertiary/aromatic N) is 1. The molecule has 0 amide bonds. The zero-order valence-electron chi connectivity index (χ0n) is 12.9. The molecule has 0 radical (unpaired) electrons. The first-order valence-electron chi connectivity index (χ1n) is 7.52. The Morgan fingerprint density at radius 3 is 2.87 bits per heavy atom. The maximum Gasteiger partial charge on any atom is 0.317 e. The number of ketones is 1. The number of ether oxygens (including phenoxy) is 1. The number of carbonyl (C=O) groups excluding carboxylic acids is 2. The van der Waals surface area contributed by atoms with Crippen molar-refractivity contribution in [1.82, 2.24) is 5.16 Å². The van der Waals surface area contributed by atoms with E-state index in [0.29, 0.717) is 17.7 Å². The zero-order chi connectivity index (χ0) is 16.6. The molecule has 1 aliphatic carbocycles. The topological polar surface area (TPSA) is 89.6 Å². The van der Waals surface area contributed by atoms with Crippen LogP contribution in [-0.2, 0) is 16.0 Å². The summed E-state index contributed by atoms with van der Waals surface area (Å²) >= 11 is 0. The average molecular weight is 315 g/mol. The smallest absolute Gasteiger partial charge is 0.317 e. The number of aromatic hydroxyl groups is 1. The summed E-state index contributed by atoms with van der Waals surface area (Å²) in [5, 5.41) is 13.9. The second-order valence-corrected chi connectivity index (χ2v) is 5.62.